The van der Waals surface area contributed by atoms with Crippen molar-refractivity contribution in [3.63, 3.8) is 0 Å². The summed E-state index contributed by atoms with van der Waals surface area (Å²) < 4.78 is 57.9. The maximum Gasteiger partial charge on any atom is 0.243 e. The molecule has 2 aliphatic heterocycles. The quantitative estimate of drug-likeness (QED) is 0.628. The number of sulfone groups is 1. The highest BCUT2D eigenvalue weighted by molar-refractivity contribution is 7.92. The van der Waals surface area contributed by atoms with Crippen molar-refractivity contribution in [3.05, 3.63) is 29.3 Å². The number of hydrogen-bond acceptors (Lipinski definition) is 6. The summed E-state index contributed by atoms with van der Waals surface area (Å²) in [7, 11) is -6.90. The van der Waals surface area contributed by atoms with Gasteiger partial charge in [0.1, 0.15) is 0 Å². The second-order valence-electron chi connectivity index (χ2n) is 8.26. The fraction of sp³-hybridized carbons (Fsp3) is 0.700. The third-order valence-corrected chi connectivity index (χ3v) is 9.95. The summed E-state index contributed by atoms with van der Waals surface area (Å²) in [4.78, 5) is 2.57. The molecule has 0 N–H and O–H groups in total. The molecular weight excluding hydrogens is 412 g/mol. The van der Waals surface area contributed by atoms with Gasteiger partial charge < -0.3 is 4.74 Å². The van der Waals surface area contributed by atoms with Gasteiger partial charge in [-0.05, 0) is 61.9 Å². The number of nitrogens with zero attached hydrogens (tertiary/aromatic N) is 2. The molecule has 1 aromatic rings. The molecule has 7 nitrogen and oxygen atoms in total. The molecule has 1 unspecified atom stereocenters. The van der Waals surface area contributed by atoms with Gasteiger partial charge in [-0.3, -0.25) is 4.90 Å². The van der Waals surface area contributed by atoms with Gasteiger partial charge in [0.2, 0.25) is 10.0 Å². The monoisotopic (exact) mass is 442 g/mol. The lowest BCUT2D eigenvalue weighted by atomic mass is 10.1. The lowest BCUT2D eigenvalue weighted by molar-refractivity contribution is 0.0367. The molecule has 29 heavy (non-hydrogen) atoms. The number of ether oxygens (including phenoxy) is 1. The van der Waals surface area contributed by atoms with E-state index in [1.807, 2.05) is 6.07 Å². The van der Waals surface area contributed by atoms with Gasteiger partial charge in [-0.15, -0.1) is 0 Å². The van der Waals surface area contributed by atoms with E-state index in [0.29, 0.717) is 37.5 Å². The van der Waals surface area contributed by atoms with Gasteiger partial charge in [0.25, 0.3) is 0 Å². The van der Waals surface area contributed by atoms with Crippen LogP contribution in [-0.4, -0.2) is 83.0 Å². The standard InChI is InChI=1S/C20H30N2O5S2/c23-28(24)14-7-19(16-28)22(9-2-8-21-10-12-27-13-11-21)29(25,26)20-6-5-17-3-1-4-18(17)15-20/h5-6,15,19H,1-4,7-14,16H2. The Morgan fingerprint density at radius 2 is 1.90 bits per heavy atom. The lowest BCUT2D eigenvalue weighted by Gasteiger charge is -2.30. The van der Waals surface area contributed by atoms with Crippen molar-refractivity contribution in [1.82, 2.24) is 9.21 Å². The van der Waals surface area contributed by atoms with Gasteiger partial charge in [0, 0.05) is 25.7 Å². The summed E-state index contributed by atoms with van der Waals surface area (Å²) in [6, 6.07) is 4.95. The molecule has 0 radical (unpaired) electrons. The van der Waals surface area contributed by atoms with Crippen molar-refractivity contribution in [2.45, 2.75) is 43.0 Å². The summed E-state index contributed by atoms with van der Waals surface area (Å²) in [5.74, 6) is -0.00787. The first-order valence-corrected chi connectivity index (χ1v) is 13.8. The average Bonchev–Trinajstić information content (AvgIpc) is 3.31. The Bertz CT molecular complexity index is 940. The highest BCUT2D eigenvalue weighted by Gasteiger charge is 2.38. The molecule has 0 amide bonds. The first-order chi connectivity index (χ1) is 13.9. The number of fused-ring (bicyclic) bond motifs is 1. The molecule has 0 saturated carbocycles. The zero-order valence-electron chi connectivity index (χ0n) is 16.8. The Kier molecular flexibility index (Phi) is 6.32. The summed E-state index contributed by atoms with van der Waals surface area (Å²) in [5.41, 5.74) is 2.34. The zero-order valence-corrected chi connectivity index (χ0v) is 18.4. The number of benzene rings is 1. The fourth-order valence-electron chi connectivity index (χ4n) is 4.62. The first kappa shape index (κ1) is 21.2. The summed E-state index contributed by atoms with van der Waals surface area (Å²) in [6.07, 6.45) is 4.03. The van der Waals surface area contributed by atoms with E-state index in [4.69, 9.17) is 4.74 Å². The SMILES string of the molecule is O=S1(=O)CCC(N(CCCN2CCOCC2)S(=O)(=O)c2ccc3c(c2)CCC3)C1. The zero-order chi connectivity index (χ0) is 20.5. The van der Waals surface area contributed by atoms with Crippen molar-refractivity contribution >= 4 is 19.9 Å². The highest BCUT2D eigenvalue weighted by Crippen LogP contribution is 2.29. The van der Waals surface area contributed by atoms with Crippen molar-refractivity contribution in [2.75, 3.05) is 50.9 Å². The van der Waals surface area contributed by atoms with Crippen LogP contribution in [0.4, 0.5) is 0 Å². The van der Waals surface area contributed by atoms with E-state index < -0.39 is 25.9 Å². The second kappa shape index (κ2) is 8.63. The van der Waals surface area contributed by atoms with Crippen molar-refractivity contribution in [2.24, 2.45) is 0 Å². The lowest BCUT2D eigenvalue weighted by Crippen LogP contribution is -2.43. The van der Waals surface area contributed by atoms with E-state index in [1.54, 1.807) is 12.1 Å². The molecule has 9 heteroatoms. The van der Waals surface area contributed by atoms with Crippen LogP contribution in [0.15, 0.2) is 23.1 Å². The normalized spacial score (nSPS) is 24.8. The second-order valence-corrected chi connectivity index (χ2v) is 12.4. The van der Waals surface area contributed by atoms with E-state index >= 15 is 0 Å². The average molecular weight is 443 g/mol. The van der Waals surface area contributed by atoms with E-state index in [-0.39, 0.29) is 11.5 Å². The largest absolute Gasteiger partial charge is 0.379 e. The molecule has 2 saturated heterocycles. The predicted molar refractivity (Wildman–Crippen MR) is 111 cm³/mol. The Morgan fingerprint density at radius 1 is 1.14 bits per heavy atom. The maximum absolute atomic E-state index is 13.5. The Morgan fingerprint density at radius 3 is 2.62 bits per heavy atom. The molecule has 4 rings (SSSR count). The topological polar surface area (TPSA) is 84.0 Å². The van der Waals surface area contributed by atoms with Gasteiger partial charge in [0.15, 0.2) is 9.84 Å². The molecular formula is C20H30N2O5S2. The number of hydrogen-bond donors (Lipinski definition) is 0. The molecule has 2 fully saturated rings. The minimum atomic E-state index is -3.73. The number of morpholine rings is 1. The molecule has 1 aliphatic carbocycles. The van der Waals surface area contributed by atoms with E-state index in [1.165, 1.54) is 9.87 Å². The Labute approximate surface area is 174 Å². The predicted octanol–water partition coefficient (Wildman–Crippen LogP) is 1.08. The van der Waals surface area contributed by atoms with Crippen molar-refractivity contribution in [1.29, 1.82) is 0 Å². The molecule has 0 bridgehead atoms. The van der Waals surface area contributed by atoms with Gasteiger partial charge >= 0.3 is 0 Å². The minimum Gasteiger partial charge on any atom is -0.379 e. The van der Waals surface area contributed by atoms with Gasteiger partial charge in [0.05, 0.1) is 29.6 Å². The van der Waals surface area contributed by atoms with Crippen LogP contribution in [0.1, 0.15) is 30.4 Å². The Balaban J connectivity index is 1.53. The molecule has 0 aromatic heterocycles. The first-order valence-electron chi connectivity index (χ1n) is 10.5. The summed E-state index contributed by atoms with van der Waals surface area (Å²) >= 11 is 0. The van der Waals surface area contributed by atoms with Gasteiger partial charge in [-0.2, -0.15) is 4.31 Å². The maximum atomic E-state index is 13.5. The van der Waals surface area contributed by atoms with Crippen molar-refractivity contribution in [3.8, 4) is 0 Å². The Hall–Kier alpha value is -1.00. The van der Waals surface area contributed by atoms with E-state index in [0.717, 1.165) is 44.5 Å². The number of aryl methyl sites for hydroxylation is 2. The van der Waals surface area contributed by atoms with Crippen LogP contribution in [0.25, 0.3) is 0 Å². The molecule has 3 aliphatic rings. The van der Waals surface area contributed by atoms with Crippen LogP contribution in [0, 0.1) is 0 Å². The summed E-state index contributed by atoms with van der Waals surface area (Å²) in [6.45, 7) is 4.26. The van der Waals surface area contributed by atoms with Gasteiger partial charge in [-0.25, -0.2) is 16.8 Å². The minimum absolute atomic E-state index is 0.0668. The molecule has 1 aromatic carbocycles. The van der Waals surface area contributed by atoms with Crippen LogP contribution in [0.2, 0.25) is 0 Å². The number of sulfonamides is 1. The molecule has 162 valence electrons. The van der Waals surface area contributed by atoms with Gasteiger partial charge in [-0.1, -0.05) is 6.07 Å². The van der Waals surface area contributed by atoms with E-state index in [2.05, 4.69) is 4.90 Å². The van der Waals surface area contributed by atoms with Crippen LogP contribution in [0.5, 0.6) is 0 Å². The van der Waals surface area contributed by atoms with Crippen LogP contribution >= 0.6 is 0 Å². The molecule has 2 heterocycles. The molecule has 0 spiro atoms. The highest BCUT2D eigenvalue weighted by atomic mass is 32.2. The summed E-state index contributed by atoms with van der Waals surface area (Å²) in [5, 5.41) is 0. The smallest absolute Gasteiger partial charge is 0.243 e. The van der Waals surface area contributed by atoms with Crippen molar-refractivity contribution < 1.29 is 21.6 Å². The third kappa shape index (κ3) is 4.85. The third-order valence-electron chi connectivity index (χ3n) is 6.25. The van der Waals surface area contributed by atoms with Crippen LogP contribution < -0.4 is 0 Å². The fourth-order valence-corrected chi connectivity index (χ4v) is 8.19. The molecule has 1 atom stereocenters. The number of rotatable bonds is 7. The van der Waals surface area contributed by atoms with Crippen LogP contribution in [0.3, 0.4) is 0 Å². The van der Waals surface area contributed by atoms with Crippen LogP contribution in [-0.2, 0) is 37.4 Å². The van der Waals surface area contributed by atoms with E-state index in [9.17, 15) is 16.8 Å².